The second-order valence-corrected chi connectivity index (χ2v) is 19.5. The van der Waals surface area contributed by atoms with Gasteiger partial charge in [0.15, 0.2) is 11.6 Å². The Morgan fingerprint density at radius 2 is 1.60 bits per heavy atom. The molecule has 1 aliphatic rings. The molecule has 0 saturated carbocycles. The van der Waals surface area contributed by atoms with E-state index in [1.54, 1.807) is 7.11 Å². The Morgan fingerprint density at radius 3 is 2.11 bits per heavy atom. The van der Waals surface area contributed by atoms with E-state index in [9.17, 15) is 4.79 Å². The van der Waals surface area contributed by atoms with E-state index in [-0.39, 0.29) is 41.0 Å². The molecule has 1 heterocycles. The van der Waals surface area contributed by atoms with Crippen LogP contribution in [0.15, 0.2) is 85.0 Å². The molecule has 6 heteroatoms. The van der Waals surface area contributed by atoms with Crippen molar-refractivity contribution in [2.24, 2.45) is 17.8 Å². The monoisotopic (exact) mass is 662 g/mol. The molecule has 2 aromatic rings. The summed E-state index contributed by atoms with van der Waals surface area (Å²) >= 11 is 0. The second kappa shape index (κ2) is 17.3. The van der Waals surface area contributed by atoms with E-state index in [1.807, 2.05) is 26.8 Å². The summed E-state index contributed by atoms with van der Waals surface area (Å²) in [5.41, 5.74) is 0.844. The minimum absolute atomic E-state index is 0.0152. The smallest absolute Gasteiger partial charge is 0.261 e. The number of ketones is 1. The fourth-order valence-corrected chi connectivity index (χ4v) is 11.8. The van der Waals surface area contributed by atoms with Crippen molar-refractivity contribution in [1.29, 1.82) is 0 Å². The van der Waals surface area contributed by atoms with Crippen LogP contribution >= 0.6 is 0 Å². The number of ether oxygens (including phenoxy) is 3. The minimum Gasteiger partial charge on any atom is -0.407 e. The molecule has 0 amide bonds. The van der Waals surface area contributed by atoms with E-state index in [0.29, 0.717) is 18.9 Å². The topological polar surface area (TPSA) is 54.0 Å². The van der Waals surface area contributed by atoms with Crippen LogP contribution in [0.1, 0.15) is 94.4 Å². The number of carbonyl (C=O) groups is 1. The number of carbonyl (C=O) groups excluding carboxylic acids is 1. The summed E-state index contributed by atoms with van der Waals surface area (Å²) in [6.45, 7) is 24.0. The van der Waals surface area contributed by atoms with Gasteiger partial charge in [0, 0.05) is 26.1 Å². The first-order valence-electron chi connectivity index (χ1n) is 17.6. The molecule has 260 valence electrons. The highest BCUT2D eigenvalue weighted by molar-refractivity contribution is 6.99. The van der Waals surface area contributed by atoms with Crippen LogP contribution in [0.4, 0.5) is 0 Å². The number of rotatable bonds is 17. The van der Waals surface area contributed by atoms with Crippen LogP contribution in [0, 0.1) is 17.8 Å². The Hall–Kier alpha value is -2.35. The molecular formula is C41H62O5Si. The van der Waals surface area contributed by atoms with E-state index in [4.69, 9.17) is 18.6 Å². The van der Waals surface area contributed by atoms with Crippen LogP contribution in [0.2, 0.25) is 5.04 Å². The zero-order valence-electron chi connectivity index (χ0n) is 30.9. The average molecular weight is 663 g/mol. The number of hydrogen-bond acceptors (Lipinski definition) is 5. The van der Waals surface area contributed by atoms with Crippen LogP contribution in [-0.4, -0.2) is 51.9 Å². The van der Waals surface area contributed by atoms with E-state index in [1.165, 1.54) is 10.4 Å². The molecule has 1 saturated heterocycles. The van der Waals surface area contributed by atoms with E-state index in [0.717, 1.165) is 31.3 Å². The van der Waals surface area contributed by atoms with Crippen LogP contribution in [0.3, 0.4) is 0 Å². The second-order valence-electron chi connectivity index (χ2n) is 15.2. The molecule has 3 rings (SSSR count). The van der Waals surface area contributed by atoms with Gasteiger partial charge in [0.1, 0.15) is 0 Å². The third-order valence-corrected chi connectivity index (χ3v) is 15.0. The highest BCUT2D eigenvalue weighted by Crippen LogP contribution is 2.39. The van der Waals surface area contributed by atoms with Gasteiger partial charge in [-0.05, 0) is 79.3 Å². The molecule has 0 N–H and O–H groups in total. The normalized spacial score (nSPS) is 22.3. The van der Waals surface area contributed by atoms with Crippen molar-refractivity contribution in [3.8, 4) is 0 Å². The third kappa shape index (κ3) is 10.3. The largest absolute Gasteiger partial charge is 0.407 e. The van der Waals surface area contributed by atoms with E-state index < -0.39 is 14.1 Å². The van der Waals surface area contributed by atoms with Crippen molar-refractivity contribution in [2.75, 3.05) is 13.7 Å². The Labute approximate surface area is 287 Å². The predicted molar refractivity (Wildman–Crippen MR) is 198 cm³/mol. The Kier molecular flexibility index (Phi) is 14.4. The molecule has 0 bridgehead atoms. The van der Waals surface area contributed by atoms with Gasteiger partial charge in [-0.15, -0.1) is 6.58 Å². The van der Waals surface area contributed by atoms with Gasteiger partial charge in [0.25, 0.3) is 8.32 Å². The standard InChI is InChI=1S/C41H62O5Si/c1-12-34(43-11)29-30(2)23-24-31(3)37(42)26-25-32(4)39-33(5)38(45-41(9,10)46-39)27-28-44-47(40(6,7)8,35-19-15-13-16-20-35)36-21-17-14-18-22-36/h12-22,24,30,32-34,38-39H,1,23,25-29H2,2-11H3/b31-24+/t30-,32-,33-,34+,38-,39-/m1/s1. The fourth-order valence-electron chi connectivity index (χ4n) is 7.19. The van der Waals surface area contributed by atoms with Crippen LogP contribution in [0.25, 0.3) is 0 Å². The van der Waals surface area contributed by atoms with Crippen molar-refractivity contribution >= 4 is 24.5 Å². The van der Waals surface area contributed by atoms with Crippen molar-refractivity contribution in [3.05, 3.63) is 85.0 Å². The van der Waals surface area contributed by atoms with Gasteiger partial charge < -0.3 is 18.6 Å². The lowest BCUT2D eigenvalue weighted by atomic mass is 9.83. The predicted octanol–water partition coefficient (Wildman–Crippen LogP) is 8.66. The zero-order valence-corrected chi connectivity index (χ0v) is 31.9. The third-order valence-electron chi connectivity index (χ3n) is 9.95. The fraction of sp³-hybridized carbons (Fsp3) is 0.585. The van der Waals surface area contributed by atoms with Gasteiger partial charge in [0.05, 0.1) is 18.3 Å². The SMILES string of the molecule is C=C[C@@H](C[C@H](C)C/C=C(\C)C(=O)CC[C@@H](C)[C@H]1OC(C)(C)O[C@H](CCO[Si](c2ccccc2)(c2ccccc2)C(C)(C)C)[C@H]1C)OC. The maximum absolute atomic E-state index is 13.1. The summed E-state index contributed by atoms with van der Waals surface area (Å²) in [6.07, 6.45) is 7.76. The molecule has 0 spiro atoms. The molecule has 0 aliphatic carbocycles. The van der Waals surface area contributed by atoms with Crippen LogP contribution < -0.4 is 10.4 Å². The first-order valence-corrected chi connectivity index (χ1v) is 19.5. The molecule has 0 aromatic heterocycles. The molecule has 6 atom stereocenters. The van der Waals surface area contributed by atoms with E-state index in [2.05, 4.69) is 115 Å². The van der Waals surface area contributed by atoms with Gasteiger partial charge in [-0.25, -0.2) is 0 Å². The maximum atomic E-state index is 13.1. The number of hydrogen-bond donors (Lipinski definition) is 0. The molecular weight excluding hydrogens is 601 g/mol. The lowest BCUT2D eigenvalue weighted by Gasteiger charge is -2.48. The lowest BCUT2D eigenvalue weighted by molar-refractivity contribution is -0.328. The van der Waals surface area contributed by atoms with Gasteiger partial charge in [-0.3, -0.25) is 4.79 Å². The quantitative estimate of drug-likeness (QED) is 0.0964. The highest BCUT2D eigenvalue weighted by Gasteiger charge is 2.50. The van der Waals surface area contributed by atoms with Crippen molar-refractivity contribution in [1.82, 2.24) is 0 Å². The summed E-state index contributed by atoms with van der Waals surface area (Å²) < 4.78 is 25.8. The zero-order chi connectivity index (χ0) is 34.8. The maximum Gasteiger partial charge on any atom is 0.261 e. The molecule has 1 aliphatic heterocycles. The minimum atomic E-state index is -2.63. The lowest BCUT2D eigenvalue weighted by Crippen LogP contribution is -2.66. The number of allylic oxidation sites excluding steroid dienone is 2. The summed E-state index contributed by atoms with van der Waals surface area (Å²) in [6, 6.07) is 21.6. The molecule has 5 nitrogen and oxygen atoms in total. The molecule has 0 unspecified atom stereocenters. The molecule has 1 fully saturated rings. The number of methoxy groups -OCH3 is 1. The Balaban J connectivity index is 1.68. The van der Waals surface area contributed by atoms with Crippen LogP contribution in [0.5, 0.6) is 0 Å². The number of Topliss-reactive ketones (excluding diaryl/α,β-unsaturated/α-hetero) is 1. The Morgan fingerprint density at radius 1 is 1.02 bits per heavy atom. The summed E-state index contributed by atoms with van der Waals surface area (Å²) in [5.74, 6) is 0.279. The first-order chi connectivity index (χ1) is 22.1. The molecule has 2 aromatic carbocycles. The molecule has 0 radical (unpaired) electrons. The summed E-state index contributed by atoms with van der Waals surface area (Å²) in [4.78, 5) is 13.1. The van der Waals surface area contributed by atoms with Crippen molar-refractivity contribution in [3.63, 3.8) is 0 Å². The first kappa shape index (κ1) is 39.1. The van der Waals surface area contributed by atoms with E-state index >= 15 is 0 Å². The molecule has 47 heavy (non-hydrogen) atoms. The van der Waals surface area contributed by atoms with Crippen molar-refractivity contribution < 1.29 is 23.4 Å². The highest BCUT2D eigenvalue weighted by atomic mass is 28.4. The summed E-state index contributed by atoms with van der Waals surface area (Å²) in [5, 5.41) is 2.49. The number of benzene rings is 2. The van der Waals surface area contributed by atoms with Gasteiger partial charge in [-0.2, -0.15) is 0 Å². The Bertz CT molecular complexity index is 1240. The van der Waals surface area contributed by atoms with Crippen LogP contribution in [-0.2, 0) is 23.4 Å². The summed E-state index contributed by atoms with van der Waals surface area (Å²) in [7, 11) is -0.923. The van der Waals surface area contributed by atoms with Crippen molar-refractivity contribution in [2.45, 2.75) is 124 Å². The van der Waals surface area contributed by atoms with Gasteiger partial charge in [-0.1, -0.05) is 114 Å². The van der Waals surface area contributed by atoms with Gasteiger partial charge in [0.2, 0.25) is 0 Å². The average Bonchev–Trinajstić information content (AvgIpc) is 3.04. The van der Waals surface area contributed by atoms with Gasteiger partial charge >= 0.3 is 0 Å².